The summed E-state index contributed by atoms with van der Waals surface area (Å²) in [7, 11) is 0. The fraction of sp³-hybridized carbons (Fsp3) is 1.00. The smallest absolute Gasteiger partial charge is 0.330 e. The molecule has 0 spiro atoms. The number of rotatable bonds is 7. The number of alkyl halides is 3. The van der Waals surface area contributed by atoms with Crippen molar-refractivity contribution in [3.8, 4) is 0 Å². The zero-order valence-corrected chi connectivity index (χ0v) is 11.4. The lowest BCUT2D eigenvalue weighted by molar-refractivity contribution is -0.325. The normalized spacial score (nSPS) is 18.8. The van der Waals surface area contributed by atoms with Crippen molar-refractivity contribution < 1.29 is 17.9 Å². The van der Waals surface area contributed by atoms with E-state index in [-0.39, 0.29) is 6.61 Å². The summed E-state index contributed by atoms with van der Waals surface area (Å²) in [4.78, 5) is 2.13. The van der Waals surface area contributed by atoms with Crippen molar-refractivity contribution in [2.75, 3.05) is 26.2 Å². The Morgan fingerprint density at radius 2 is 1.68 bits per heavy atom. The van der Waals surface area contributed by atoms with Crippen molar-refractivity contribution in [1.82, 2.24) is 4.90 Å². The van der Waals surface area contributed by atoms with Gasteiger partial charge in [0, 0.05) is 12.6 Å². The van der Waals surface area contributed by atoms with E-state index >= 15 is 0 Å². The Kier molecular flexibility index (Phi) is 7.71. The van der Waals surface area contributed by atoms with Crippen molar-refractivity contribution in [1.29, 1.82) is 0 Å². The van der Waals surface area contributed by atoms with Gasteiger partial charge in [0.25, 0.3) is 0 Å². The fourth-order valence-corrected chi connectivity index (χ4v) is 2.67. The Morgan fingerprint density at radius 1 is 1.05 bits per heavy atom. The molecule has 0 aliphatic heterocycles. The number of nitrogens with two attached hydrogens (primary N) is 1. The lowest BCUT2D eigenvalue weighted by Crippen LogP contribution is -2.39. The maximum Gasteiger partial charge on any atom is 0.522 e. The number of ether oxygens (including phenoxy) is 1. The Balaban J connectivity index is 2.40. The summed E-state index contributed by atoms with van der Waals surface area (Å²) in [6.07, 6.45) is 3.27. The quantitative estimate of drug-likeness (QED) is 0.730. The molecular formula is C13H25F3N2O. The van der Waals surface area contributed by atoms with E-state index in [9.17, 15) is 13.2 Å². The summed E-state index contributed by atoms with van der Waals surface area (Å²) >= 11 is 0. The molecule has 19 heavy (non-hydrogen) atoms. The highest BCUT2D eigenvalue weighted by Crippen LogP contribution is 2.22. The van der Waals surface area contributed by atoms with E-state index in [2.05, 4.69) is 9.64 Å². The maximum absolute atomic E-state index is 12.0. The van der Waals surface area contributed by atoms with Gasteiger partial charge in [-0.2, -0.15) is 0 Å². The fourth-order valence-electron chi connectivity index (χ4n) is 2.67. The summed E-state index contributed by atoms with van der Waals surface area (Å²) < 4.78 is 39.9. The molecule has 0 bridgehead atoms. The van der Waals surface area contributed by atoms with Crippen molar-refractivity contribution >= 4 is 0 Å². The lowest BCUT2D eigenvalue weighted by atomic mass is 10.1. The largest absolute Gasteiger partial charge is 0.522 e. The van der Waals surface area contributed by atoms with E-state index in [1.54, 1.807) is 0 Å². The Bertz CT molecular complexity index is 228. The number of halogens is 3. The Hall–Kier alpha value is -0.330. The summed E-state index contributed by atoms with van der Waals surface area (Å²) in [6, 6.07) is 0.394. The van der Waals surface area contributed by atoms with Crippen LogP contribution >= 0.6 is 0 Å². The maximum atomic E-state index is 12.0. The molecule has 1 aliphatic carbocycles. The SMILES string of the molecule is NCCCN(CCOC(F)(F)F)C1CCCCCC1. The van der Waals surface area contributed by atoms with Crippen LogP contribution in [0.3, 0.4) is 0 Å². The van der Waals surface area contributed by atoms with Gasteiger partial charge in [0.1, 0.15) is 0 Å². The molecule has 0 aromatic carbocycles. The van der Waals surface area contributed by atoms with E-state index in [0.717, 1.165) is 25.8 Å². The average Bonchev–Trinajstić information content (AvgIpc) is 2.61. The third-order valence-electron chi connectivity index (χ3n) is 3.63. The van der Waals surface area contributed by atoms with Gasteiger partial charge >= 0.3 is 6.36 Å². The number of nitrogens with zero attached hydrogens (tertiary/aromatic N) is 1. The molecule has 1 aliphatic rings. The molecule has 0 unspecified atom stereocenters. The van der Waals surface area contributed by atoms with E-state index in [1.807, 2.05) is 0 Å². The molecule has 0 aromatic rings. The van der Waals surface area contributed by atoms with E-state index in [1.165, 1.54) is 25.7 Å². The van der Waals surface area contributed by atoms with Gasteiger partial charge in [-0.05, 0) is 32.4 Å². The monoisotopic (exact) mass is 282 g/mol. The van der Waals surface area contributed by atoms with Crippen LogP contribution in [-0.4, -0.2) is 43.5 Å². The van der Waals surface area contributed by atoms with Crippen LogP contribution in [0.15, 0.2) is 0 Å². The minimum atomic E-state index is -4.52. The van der Waals surface area contributed by atoms with Crippen LogP contribution < -0.4 is 5.73 Å². The molecule has 114 valence electrons. The zero-order chi connectivity index (χ0) is 14.1. The first-order valence-electron chi connectivity index (χ1n) is 7.18. The van der Waals surface area contributed by atoms with Crippen molar-refractivity contribution in [3.05, 3.63) is 0 Å². The van der Waals surface area contributed by atoms with Gasteiger partial charge in [-0.25, -0.2) is 0 Å². The van der Waals surface area contributed by atoms with Crippen molar-refractivity contribution in [2.45, 2.75) is 57.3 Å². The summed E-state index contributed by atoms with van der Waals surface area (Å²) in [5, 5.41) is 0. The molecule has 3 nitrogen and oxygen atoms in total. The van der Waals surface area contributed by atoms with Gasteiger partial charge < -0.3 is 5.73 Å². The van der Waals surface area contributed by atoms with Crippen LogP contribution in [0, 0.1) is 0 Å². The van der Waals surface area contributed by atoms with Crippen LogP contribution in [0.4, 0.5) is 13.2 Å². The molecule has 1 fully saturated rings. The summed E-state index contributed by atoms with van der Waals surface area (Å²) in [6.45, 7) is 1.39. The van der Waals surface area contributed by atoms with E-state index in [0.29, 0.717) is 19.1 Å². The Labute approximate surface area is 113 Å². The van der Waals surface area contributed by atoms with Crippen LogP contribution in [0.5, 0.6) is 0 Å². The van der Waals surface area contributed by atoms with Crippen LogP contribution in [-0.2, 0) is 4.74 Å². The number of hydrogen-bond acceptors (Lipinski definition) is 3. The Morgan fingerprint density at radius 3 is 2.21 bits per heavy atom. The van der Waals surface area contributed by atoms with Gasteiger partial charge in [0.05, 0.1) is 6.61 Å². The topological polar surface area (TPSA) is 38.5 Å². The third kappa shape index (κ3) is 7.74. The molecule has 1 rings (SSSR count). The molecular weight excluding hydrogens is 257 g/mol. The molecule has 0 aromatic heterocycles. The minimum Gasteiger partial charge on any atom is -0.330 e. The summed E-state index contributed by atoms with van der Waals surface area (Å²) in [5.74, 6) is 0. The predicted octanol–water partition coefficient (Wildman–Crippen LogP) is 2.90. The molecule has 0 atom stereocenters. The molecule has 0 heterocycles. The first-order valence-corrected chi connectivity index (χ1v) is 7.18. The van der Waals surface area contributed by atoms with Crippen LogP contribution in [0.25, 0.3) is 0 Å². The molecule has 0 saturated heterocycles. The lowest BCUT2D eigenvalue weighted by Gasteiger charge is -2.31. The number of hydrogen-bond donors (Lipinski definition) is 1. The first-order chi connectivity index (χ1) is 9.03. The molecule has 6 heteroatoms. The van der Waals surface area contributed by atoms with Crippen molar-refractivity contribution in [3.63, 3.8) is 0 Å². The van der Waals surface area contributed by atoms with Gasteiger partial charge in [-0.15, -0.1) is 13.2 Å². The highest BCUT2D eigenvalue weighted by molar-refractivity contribution is 4.75. The highest BCUT2D eigenvalue weighted by Gasteiger charge is 2.29. The summed E-state index contributed by atoms with van der Waals surface area (Å²) in [5.41, 5.74) is 5.50. The van der Waals surface area contributed by atoms with Gasteiger partial charge in [-0.1, -0.05) is 25.7 Å². The third-order valence-corrected chi connectivity index (χ3v) is 3.63. The second-order valence-electron chi connectivity index (χ2n) is 5.12. The second kappa shape index (κ2) is 8.76. The van der Waals surface area contributed by atoms with Gasteiger partial charge in [0.15, 0.2) is 0 Å². The average molecular weight is 282 g/mol. The van der Waals surface area contributed by atoms with Crippen LogP contribution in [0.2, 0.25) is 0 Å². The molecule has 0 radical (unpaired) electrons. The van der Waals surface area contributed by atoms with Gasteiger partial charge in [0.2, 0.25) is 0 Å². The minimum absolute atomic E-state index is 0.287. The van der Waals surface area contributed by atoms with E-state index < -0.39 is 6.36 Å². The zero-order valence-electron chi connectivity index (χ0n) is 11.4. The predicted molar refractivity (Wildman–Crippen MR) is 68.7 cm³/mol. The standard InChI is InChI=1S/C13H25F3N2O/c14-13(15,16)19-11-10-18(9-5-8-17)12-6-3-1-2-4-7-12/h12H,1-11,17H2. The molecule has 1 saturated carbocycles. The van der Waals surface area contributed by atoms with Crippen LogP contribution in [0.1, 0.15) is 44.9 Å². The van der Waals surface area contributed by atoms with Gasteiger partial charge in [-0.3, -0.25) is 9.64 Å². The highest BCUT2D eigenvalue weighted by atomic mass is 19.4. The first kappa shape index (κ1) is 16.7. The molecule has 2 N–H and O–H groups in total. The second-order valence-corrected chi connectivity index (χ2v) is 5.12. The van der Waals surface area contributed by atoms with E-state index in [4.69, 9.17) is 5.73 Å². The van der Waals surface area contributed by atoms with Crippen molar-refractivity contribution in [2.24, 2.45) is 5.73 Å². The molecule has 0 amide bonds.